The number of carbonyl (C=O) groups excluding carboxylic acids is 4. The van der Waals surface area contributed by atoms with Crippen LogP contribution in [0.15, 0.2) is 60.7 Å². The number of hydrogen-bond donors (Lipinski definition) is 2. The average molecular weight is 593 g/mol. The van der Waals surface area contributed by atoms with E-state index in [9.17, 15) is 19.2 Å². The van der Waals surface area contributed by atoms with Gasteiger partial charge in [0.15, 0.2) is 0 Å². The molecule has 0 aliphatic carbocycles. The number of rotatable bonds is 17. The zero-order valence-electron chi connectivity index (χ0n) is 22.7. The molecule has 2 aromatic rings. The van der Waals surface area contributed by atoms with E-state index in [1.54, 1.807) is 0 Å². The first-order chi connectivity index (χ1) is 19.4. The first-order valence-corrected chi connectivity index (χ1v) is 15.5. The molecule has 10 nitrogen and oxygen atoms in total. The Labute approximate surface area is 243 Å². The maximum absolute atomic E-state index is 12.6. The molecule has 0 unspecified atom stereocenters. The second-order valence-corrected chi connectivity index (χ2v) is 10.4. The summed E-state index contributed by atoms with van der Waals surface area (Å²) in [6, 6.07) is 16.5. The van der Waals surface area contributed by atoms with Gasteiger partial charge in [0.25, 0.3) is 0 Å². The third-order valence-corrected chi connectivity index (χ3v) is 6.66. The molecule has 0 saturated heterocycles. The SMILES string of the molecule is CSCC[C@H](NC(=O)OCc1ccccc1)C(=O)OCCOC(=O)[C@H](CCSC)NC(=O)OCc1ccccc1. The van der Waals surface area contributed by atoms with E-state index < -0.39 is 36.2 Å². The van der Waals surface area contributed by atoms with Gasteiger partial charge in [0.1, 0.15) is 38.5 Å². The van der Waals surface area contributed by atoms with Gasteiger partial charge in [0, 0.05) is 0 Å². The molecule has 0 saturated carbocycles. The topological polar surface area (TPSA) is 129 Å². The highest BCUT2D eigenvalue weighted by Crippen LogP contribution is 2.07. The van der Waals surface area contributed by atoms with Crippen molar-refractivity contribution >= 4 is 47.6 Å². The molecule has 2 N–H and O–H groups in total. The molecule has 2 amide bonds. The molecule has 0 aliphatic heterocycles. The summed E-state index contributed by atoms with van der Waals surface area (Å²) in [6.07, 6.45) is 2.97. The van der Waals surface area contributed by atoms with Gasteiger partial charge in [-0.05, 0) is 48.0 Å². The average Bonchev–Trinajstić information content (AvgIpc) is 2.98. The Kier molecular flexibility index (Phi) is 16.1. The standard InChI is InChI=1S/C28H36N2O8S2/c1-39-17-13-23(29-27(33)37-19-21-9-5-3-6-10-21)25(31)35-15-16-36-26(32)24(14-18-40-2)30-28(34)38-20-22-11-7-4-8-12-22/h3-12,23-24H,13-20H2,1-2H3,(H,29,33)(H,30,34)/t23-,24-/m0/s1. The lowest BCUT2D eigenvalue weighted by molar-refractivity contribution is -0.154. The van der Waals surface area contributed by atoms with Crippen LogP contribution in [0.4, 0.5) is 9.59 Å². The number of nitrogens with one attached hydrogen (secondary N) is 2. The molecule has 0 spiro atoms. The van der Waals surface area contributed by atoms with Crippen LogP contribution >= 0.6 is 23.5 Å². The summed E-state index contributed by atoms with van der Waals surface area (Å²) in [4.78, 5) is 49.6. The van der Waals surface area contributed by atoms with Crippen molar-refractivity contribution in [1.82, 2.24) is 10.6 Å². The molecule has 0 bridgehead atoms. The second kappa shape index (κ2) is 19.6. The summed E-state index contributed by atoms with van der Waals surface area (Å²) in [6.45, 7) is -0.291. The van der Waals surface area contributed by atoms with E-state index in [0.717, 1.165) is 11.1 Å². The van der Waals surface area contributed by atoms with E-state index in [2.05, 4.69) is 10.6 Å². The van der Waals surface area contributed by atoms with Crippen LogP contribution in [0.3, 0.4) is 0 Å². The number of carbonyl (C=O) groups is 4. The molecule has 2 atom stereocenters. The Bertz CT molecular complexity index is 960. The predicted molar refractivity (Wildman–Crippen MR) is 155 cm³/mol. The highest BCUT2D eigenvalue weighted by Gasteiger charge is 2.25. The number of alkyl carbamates (subject to hydrolysis) is 2. The van der Waals surface area contributed by atoms with Crippen LogP contribution in [0.1, 0.15) is 24.0 Å². The monoisotopic (exact) mass is 592 g/mol. The van der Waals surface area contributed by atoms with E-state index >= 15 is 0 Å². The number of thioether (sulfide) groups is 2. The molecule has 0 fully saturated rings. The van der Waals surface area contributed by atoms with Gasteiger partial charge < -0.3 is 29.6 Å². The third kappa shape index (κ3) is 13.6. The van der Waals surface area contributed by atoms with Crippen molar-refractivity contribution in [2.45, 2.75) is 38.1 Å². The molecule has 2 aromatic carbocycles. The molecule has 0 heterocycles. The quantitative estimate of drug-likeness (QED) is 0.157. The van der Waals surface area contributed by atoms with Crippen LogP contribution in [0.5, 0.6) is 0 Å². The molecule has 0 aromatic heterocycles. The fourth-order valence-corrected chi connectivity index (χ4v) is 4.21. The summed E-state index contributed by atoms with van der Waals surface area (Å²) in [7, 11) is 0. The second-order valence-electron chi connectivity index (χ2n) is 8.42. The third-order valence-electron chi connectivity index (χ3n) is 5.37. The van der Waals surface area contributed by atoms with Crippen molar-refractivity contribution in [2.24, 2.45) is 0 Å². The summed E-state index contributed by atoms with van der Waals surface area (Å²) in [5.41, 5.74) is 1.63. The number of hydrogen-bond acceptors (Lipinski definition) is 10. The van der Waals surface area contributed by atoms with Crippen molar-refractivity contribution in [2.75, 3.05) is 37.2 Å². The first kappa shape index (κ1) is 32.8. The molecule has 40 heavy (non-hydrogen) atoms. The lowest BCUT2D eigenvalue weighted by atomic mass is 10.2. The Morgan fingerprint density at radius 1 is 0.625 bits per heavy atom. The summed E-state index contributed by atoms with van der Waals surface area (Å²) >= 11 is 3.04. The van der Waals surface area contributed by atoms with Gasteiger partial charge in [0.05, 0.1) is 0 Å². The number of esters is 2. The van der Waals surface area contributed by atoms with Gasteiger partial charge in [-0.15, -0.1) is 0 Å². The lowest BCUT2D eigenvalue weighted by Crippen LogP contribution is -2.43. The van der Waals surface area contributed by atoms with Crippen molar-refractivity contribution in [3.63, 3.8) is 0 Å². The van der Waals surface area contributed by atoms with Gasteiger partial charge in [-0.3, -0.25) is 0 Å². The minimum absolute atomic E-state index is 0.0679. The molecular formula is C28H36N2O8S2. The van der Waals surface area contributed by atoms with Crippen LogP contribution in [-0.2, 0) is 41.8 Å². The molecule has 0 aliphatic rings. The van der Waals surface area contributed by atoms with Gasteiger partial charge in [-0.1, -0.05) is 60.7 Å². The maximum Gasteiger partial charge on any atom is 0.408 e. The van der Waals surface area contributed by atoms with Gasteiger partial charge in [0.2, 0.25) is 0 Å². The van der Waals surface area contributed by atoms with Gasteiger partial charge in [-0.2, -0.15) is 23.5 Å². The zero-order chi connectivity index (χ0) is 29.0. The van der Waals surface area contributed by atoms with Crippen molar-refractivity contribution in [3.8, 4) is 0 Å². The molecular weight excluding hydrogens is 556 g/mol. The smallest absolute Gasteiger partial charge is 0.408 e. The number of ether oxygens (including phenoxy) is 4. The van der Waals surface area contributed by atoms with E-state index in [0.29, 0.717) is 24.3 Å². The maximum atomic E-state index is 12.6. The van der Waals surface area contributed by atoms with Crippen LogP contribution in [0.2, 0.25) is 0 Å². The van der Waals surface area contributed by atoms with Crippen molar-refractivity contribution in [1.29, 1.82) is 0 Å². The summed E-state index contributed by atoms with van der Waals surface area (Å²) in [5, 5.41) is 5.08. The fraction of sp³-hybridized carbons (Fsp3) is 0.429. The van der Waals surface area contributed by atoms with Crippen molar-refractivity contribution in [3.05, 3.63) is 71.8 Å². The minimum Gasteiger partial charge on any atom is -0.461 e. The summed E-state index contributed by atoms with van der Waals surface area (Å²) < 4.78 is 20.9. The van der Waals surface area contributed by atoms with E-state index in [1.165, 1.54) is 23.5 Å². The largest absolute Gasteiger partial charge is 0.461 e. The van der Waals surface area contributed by atoms with Gasteiger partial charge >= 0.3 is 24.1 Å². The number of amides is 2. The molecule has 0 radical (unpaired) electrons. The van der Waals surface area contributed by atoms with E-state index in [1.807, 2.05) is 73.2 Å². The first-order valence-electron chi connectivity index (χ1n) is 12.7. The molecule has 12 heteroatoms. The fourth-order valence-electron chi connectivity index (χ4n) is 3.27. The van der Waals surface area contributed by atoms with Crippen LogP contribution < -0.4 is 10.6 Å². The van der Waals surface area contributed by atoms with Crippen molar-refractivity contribution < 1.29 is 38.1 Å². The van der Waals surface area contributed by atoms with E-state index in [4.69, 9.17) is 18.9 Å². The normalized spacial score (nSPS) is 11.9. The predicted octanol–water partition coefficient (Wildman–Crippen LogP) is 4.17. The highest BCUT2D eigenvalue weighted by molar-refractivity contribution is 7.98. The van der Waals surface area contributed by atoms with Crippen LogP contribution in [0.25, 0.3) is 0 Å². The van der Waals surface area contributed by atoms with Crippen LogP contribution in [0, 0.1) is 0 Å². The summed E-state index contributed by atoms with van der Waals surface area (Å²) in [5.74, 6) is -0.111. The Balaban J connectivity index is 1.77. The molecule has 2 rings (SSSR count). The van der Waals surface area contributed by atoms with Crippen LogP contribution in [-0.4, -0.2) is 73.4 Å². The Morgan fingerprint density at radius 3 is 1.35 bits per heavy atom. The lowest BCUT2D eigenvalue weighted by Gasteiger charge is -2.19. The van der Waals surface area contributed by atoms with E-state index in [-0.39, 0.29) is 26.4 Å². The number of benzene rings is 2. The Hall–Kier alpha value is -3.38. The zero-order valence-corrected chi connectivity index (χ0v) is 24.3. The van der Waals surface area contributed by atoms with Gasteiger partial charge in [-0.25, -0.2) is 19.2 Å². The molecule has 218 valence electrons. The highest BCUT2D eigenvalue weighted by atomic mass is 32.2. The minimum atomic E-state index is -0.915. The Morgan fingerprint density at radius 2 is 1.00 bits per heavy atom.